The highest BCUT2D eigenvalue weighted by Gasteiger charge is 2.32. The van der Waals surface area contributed by atoms with Crippen LogP contribution in [-0.4, -0.2) is 35.5 Å². The quantitative estimate of drug-likeness (QED) is 0.396. The second kappa shape index (κ2) is 6.32. The minimum absolute atomic E-state index is 0.0376. The summed E-state index contributed by atoms with van der Waals surface area (Å²) in [5.41, 5.74) is 0.760. The number of amides is 2. The average Bonchev–Trinajstić information content (AvgIpc) is 2.48. The third-order valence-electron chi connectivity index (χ3n) is 2.92. The van der Waals surface area contributed by atoms with E-state index >= 15 is 0 Å². The van der Waals surface area contributed by atoms with Gasteiger partial charge in [0.25, 0.3) is 11.8 Å². The number of rotatable bonds is 4. The summed E-state index contributed by atoms with van der Waals surface area (Å²) in [6.45, 7) is 3.82. The highest BCUT2D eigenvalue weighted by atomic mass is 32.1. The monoisotopic (exact) mass is 302 g/mol. The second-order valence-electron chi connectivity index (χ2n) is 4.29. The van der Waals surface area contributed by atoms with E-state index in [9.17, 15) is 9.59 Å². The number of thiocarbonyl (C=S) groups is 1. The fourth-order valence-corrected chi connectivity index (χ4v) is 2.11. The third kappa shape index (κ3) is 3.17. The zero-order chi connectivity index (χ0) is 15.4. The molecule has 1 aromatic carbocycles. The third-order valence-corrected chi connectivity index (χ3v) is 3.25. The molecule has 1 N–H and O–H groups in total. The Kier molecular flexibility index (Phi) is 4.49. The van der Waals surface area contributed by atoms with Crippen molar-refractivity contribution in [3.05, 3.63) is 48.1 Å². The molecule has 1 heterocycles. The Morgan fingerprint density at radius 2 is 2.00 bits per heavy atom. The summed E-state index contributed by atoms with van der Waals surface area (Å²) >= 11 is 4.98. The number of benzene rings is 1. The van der Waals surface area contributed by atoms with E-state index in [1.54, 1.807) is 37.5 Å². The minimum atomic E-state index is -0.499. The van der Waals surface area contributed by atoms with Gasteiger partial charge in [0.15, 0.2) is 5.11 Å². The van der Waals surface area contributed by atoms with Gasteiger partial charge < -0.3 is 4.74 Å². The molecule has 108 valence electrons. The maximum absolute atomic E-state index is 12.3. The number of nitrogens with zero attached hydrogens (tertiary/aromatic N) is 1. The number of carbonyl (C=O) groups excluding carboxylic acids is 2. The molecule has 1 aliphatic rings. The normalized spacial score (nSPS) is 16.9. The highest BCUT2D eigenvalue weighted by molar-refractivity contribution is 7.80. The molecule has 1 fully saturated rings. The SMILES string of the molecule is C=CCN1C(=O)/C(=C\c2ccc(OC)cc2)C(=O)NC1=S. The Bertz CT molecular complexity index is 635. The van der Waals surface area contributed by atoms with Crippen molar-refractivity contribution in [3.63, 3.8) is 0 Å². The van der Waals surface area contributed by atoms with Crippen LogP contribution in [0.25, 0.3) is 6.08 Å². The predicted octanol–water partition coefficient (Wildman–Crippen LogP) is 1.51. The zero-order valence-electron chi connectivity index (χ0n) is 11.5. The van der Waals surface area contributed by atoms with Crippen molar-refractivity contribution >= 4 is 35.2 Å². The first-order valence-electron chi connectivity index (χ1n) is 6.20. The molecule has 5 nitrogen and oxygen atoms in total. The standard InChI is InChI=1S/C15H14N2O3S/c1-3-8-17-14(19)12(13(18)16-15(17)21)9-10-4-6-11(20-2)7-5-10/h3-7,9H,1,8H2,2H3,(H,16,18,21)/b12-9-. The smallest absolute Gasteiger partial charge is 0.265 e. The number of hydrogen-bond acceptors (Lipinski definition) is 4. The summed E-state index contributed by atoms with van der Waals surface area (Å²) in [6, 6.07) is 7.03. The van der Waals surface area contributed by atoms with Gasteiger partial charge in [-0.25, -0.2) is 0 Å². The van der Waals surface area contributed by atoms with E-state index in [1.807, 2.05) is 0 Å². The molecule has 2 amide bonds. The van der Waals surface area contributed by atoms with Gasteiger partial charge in [-0.05, 0) is 36.0 Å². The van der Waals surface area contributed by atoms with E-state index in [4.69, 9.17) is 17.0 Å². The molecule has 21 heavy (non-hydrogen) atoms. The summed E-state index contributed by atoms with van der Waals surface area (Å²) in [6.07, 6.45) is 3.07. The maximum Gasteiger partial charge on any atom is 0.265 e. The van der Waals surface area contributed by atoms with Gasteiger partial charge in [0.1, 0.15) is 11.3 Å². The first-order chi connectivity index (χ1) is 10.1. The molecule has 2 rings (SSSR count). The number of hydrogen-bond donors (Lipinski definition) is 1. The van der Waals surface area contributed by atoms with Gasteiger partial charge in [0.2, 0.25) is 0 Å². The summed E-state index contributed by atoms with van der Waals surface area (Å²) in [5, 5.41) is 2.59. The zero-order valence-corrected chi connectivity index (χ0v) is 12.3. The Morgan fingerprint density at radius 1 is 1.33 bits per heavy atom. The summed E-state index contributed by atoms with van der Waals surface area (Å²) in [5.74, 6) is -0.230. The van der Waals surface area contributed by atoms with Crippen LogP contribution in [0, 0.1) is 0 Å². The highest BCUT2D eigenvalue weighted by Crippen LogP contribution is 2.17. The van der Waals surface area contributed by atoms with Crippen LogP contribution in [0.5, 0.6) is 5.75 Å². The van der Waals surface area contributed by atoms with Crippen LogP contribution in [0.3, 0.4) is 0 Å². The molecule has 0 bridgehead atoms. The number of nitrogens with one attached hydrogen (secondary N) is 1. The van der Waals surface area contributed by atoms with Crippen molar-refractivity contribution in [3.8, 4) is 5.75 Å². The Hall–Kier alpha value is -2.47. The molecule has 1 aliphatic heterocycles. The molecule has 0 aromatic heterocycles. The van der Waals surface area contributed by atoms with Crippen molar-refractivity contribution < 1.29 is 14.3 Å². The van der Waals surface area contributed by atoms with Gasteiger partial charge in [-0.2, -0.15) is 0 Å². The molecule has 1 saturated heterocycles. The summed E-state index contributed by atoms with van der Waals surface area (Å²) < 4.78 is 5.06. The van der Waals surface area contributed by atoms with Crippen molar-refractivity contribution in [1.82, 2.24) is 10.2 Å². The van der Waals surface area contributed by atoms with E-state index in [1.165, 1.54) is 11.0 Å². The first-order valence-corrected chi connectivity index (χ1v) is 6.61. The average molecular weight is 302 g/mol. The van der Waals surface area contributed by atoms with Crippen LogP contribution in [0.4, 0.5) is 0 Å². The molecule has 0 spiro atoms. The topological polar surface area (TPSA) is 58.6 Å². The van der Waals surface area contributed by atoms with Crippen LogP contribution in [-0.2, 0) is 9.59 Å². The Labute approximate surface area is 127 Å². The van der Waals surface area contributed by atoms with Crippen LogP contribution in [0.15, 0.2) is 42.5 Å². The second-order valence-corrected chi connectivity index (χ2v) is 4.68. The lowest BCUT2D eigenvalue weighted by molar-refractivity contribution is -0.128. The van der Waals surface area contributed by atoms with Crippen LogP contribution in [0.1, 0.15) is 5.56 Å². The van der Waals surface area contributed by atoms with E-state index in [-0.39, 0.29) is 17.2 Å². The summed E-state index contributed by atoms with van der Waals surface area (Å²) in [4.78, 5) is 25.5. The van der Waals surface area contributed by atoms with Gasteiger partial charge in [0.05, 0.1) is 7.11 Å². The number of methoxy groups -OCH3 is 1. The lowest BCUT2D eigenvalue weighted by Gasteiger charge is -2.27. The van der Waals surface area contributed by atoms with Crippen molar-refractivity contribution in [1.29, 1.82) is 0 Å². The van der Waals surface area contributed by atoms with Gasteiger partial charge >= 0.3 is 0 Å². The largest absolute Gasteiger partial charge is 0.497 e. The molecule has 0 radical (unpaired) electrons. The molecular formula is C15H14N2O3S. The minimum Gasteiger partial charge on any atom is -0.497 e. The number of carbonyl (C=O) groups is 2. The van der Waals surface area contributed by atoms with E-state index in [0.717, 1.165) is 5.56 Å². The first kappa shape index (κ1) is 14.9. The van der Waals surface area contributed by atoms with Gasteiger partial charge in [0, 0.05) is 6.54 Å². The predicted molar refractivity (Wildman–Crippen MR) is 83.6 cm³/mol. The molecule has 0 atom stereocenters. The molecular weight excluding hydrogens is 288 g/mol. The van der Waals surface area contributed by atoms with Crippen molar-refractivity contribution in [2.75, 3.05) is 13.7 Å². The molecule has 0 unspecified atom stereocenters. The molecule has 1 aromatic rings. The lowest BCUT2D eigenvalue weighted by atomic mass is 10.1. The summed E-state index contributed by atoms with van der Waals surface area (Å²) in [7, 11) is 1.57. The van der Waals surface area contributed by atoms with E-state index in [0.29, 0.717) is 5.75 Å². The van der Waals surface area contributed by atoms with Crippen LogP contribution < -0.4 is 10.1 Å². The number of ether oxygens (including phenoxy) is 1. The molecule has 6 heteroatoms. The van der Waals surface area contributed by atoms with E-state index in [2.05, 4.69) is 11.9 Å². The fraction of sp³-hybridized carbons (Fsp3) is 0.133. The Morgan fingerprint density at radius 3 is 2.57 bits per heavy atom. The lowest BCUT2D eigenvalue weighted by Crippen LogP contribution is -2.53. The van der Waals surface area contributed by atoms with Crippen molar-refractivity contribution in [2.24, 2.45) is 0 Å². The van der Waals surface area contributed by atoms with E-state index < -0.39 is 11.8 Å². The molecule has 0 saturated carbocycles. The van der Waals surface area contributed by atoms with Crippen LogP contribution in [0.2, 0.25) is 0 Å². The van der Waals surface area contributed by atoms with Crippen molar-refractivity contribution in [2.45, 2.75) is 0 Å². The van der Waals surface area contributed by atoms with Gasteiger partial charge in [-0.15, -0.1) is 6.58 Å². The molecule has 0 aliphatic carbocycles. The van der Waals surface area contributed by atoms with Crippen LogP contribution >= 0.6 is 12.2 Å². The maximum atomic E-state index is 12.3. The van der Waals surface area contributed by atoms with Gasteiger partial charge in [-0.3, -0.25) is 19.8 Å². The van der Waals surface area contributed by atoms with Gasteiger partial charge in [-0.1, -0.05) is 18.2 Å². The Balaban J connectivity index is 2.32. The fourth-order valence-electron chi connectivity index (χ4n) is 1.86.